The van der Waals surface area contributed by atoms with Gasteiger partial charge in [-0.2, -0.15) is 4.99 Å². The average Bonchev–Trinajstić information content (AvgIpc) is 3.38. The largest absolute Gasteiger partial charge is 0.494 e. The second kappa shape index (κ2) is 9.23. The lowest BCUT2D eigenvalue weighted by Crippen LogP contribution is -2.01. The van der Waals surface area contributed by atoms with Gasteiger partial charge in [-0.3, -0.25) is 4.79 Å². The molecule has 6 heteroatoms. The Morgan fingerprint density at radius 3 is 2.58 bits per heavy atom. The van der Waals surface area contributed by atoms with Crippen molar-refractivity contribution in [2.75, 3.05) is 6.61 Å². The first kappa shape index (κ1) is 20.9. The number of amides is 1. The first-order chi connectivity index (χ1) is 15.0. The van der Waals surface area contributed by atoms with Gasteiger partial charge in [0.25, 0.3) is 0 Å². The zero-order valence-electron chi connectivity index (χ0n) is 17.4. The van der Waals surface area contributed by atoms with Crippen molar-refractivity contribution < 1.29 is 18.7 Å². The summed E-state index contributed by atoms with van der Waals surface area (Å²) in [5, 5.41) is 0.669. The Kier molecular flexibility index (Phi) is 6.23. The molecule has 0 unspecified atom stereocenters. The van der Waals surface area contributed by atoms with Gasteiger partial charge in [-0.1, -0.05) is 37.1 Å². The summed E-state index contributed by atoms with van der Waals surface area (Å²) in [4.78, 5) is 16.3. The molecule has 1 aliphatic heterocycles. The van der Waals surface area contributed by atoms with E-state index >= 15 is 0 Å². The molecule has 31 heavy (non-hydrogen) atoms. The Morgan fingerprint density at radius 1 is 1.06 bits per heavy atom. The molecule has 0 saturated heterocycles. The molecule has 0 atom stereocenters. The number of hydrogen-bond acceptors (Lipinski definition) is 4. The molecule has 1 amide bonds. The molecule has 0 radical (unpaired) electrons. The number of unbranched alkanes of at least 4 members (excludes halogenated alkanes) is 1. The number of carbonyl (C=O) groups is 1. The molecule has 0 bridgehead atoms. The van der Waals surface area contributed by atoms with Crippen molar-refractivity contribution in [2.24, 2.45) is 4.99 Å². The van der Waals surface area contributed by atoms with Gasteiger partial charge < -0.3 is 13.9 Å². The van der Waals surface area contributed by atoms with E-state index in [0.29, 0.717) is 28.7 Å². The summed E-state index contributed by atoms with van der Waals surface area (Å²) in [5.41, 5.74) is 2.56. The molecular formula is C25H22ClNO4. The van der Waals surface area contributed by atoms with Crippen LogP contribution in [0.15, 0.2) is 69.8 Å². The summed E-state index contributed by atoms with van der Waals surface area (Å²) < 4.78 is 17.2. The summed E-state index contributed by atoms with van der Waals surface area (Å²) in [6.45, 7) is 4.74. The first-order valence-corrected chi connectivity index (χ1v) is 10.5. The minimum atomic E-state index is -0.449. The van der Waals surface area contributed by atoms with E-state index in [1.165, 1.54) is 0 Å². The van der Waals surface area contributed by atoms with Crippen LogP contribution < -0.4 is 4.74 Å². The highest BCUT2D eigenvalue weighted by Crippen LogP contribution is 2.28. The lowest BCUT2D eigenvalue weighted by atomic mass is 10.1. The van der Waals surface area contributed by atoms with Gasteiger partial charge in [0.15, 0.2) is 5.76 Å². The zero-order valence-corrected chi connectivity index (χ0v) is 18.1. The Labute approximate surface area is 186 Å². The Hall–Kier alpha value is -3.31. The van der Waals surface area contributed by atoms with Gasteiger partial charge in [0.2, 0.25) is 5.90 Å². The number of rotatable bonds is 7. The van der Waals surface area contributed by atoms with E-state index in [4.69, 9.17) is 25.5 Å². The minimum absolute atomic E-state index is 0.112. The van der Waals surface area contributed by atoms with E-state index in [1.807, 2.05) is 55.5 Å². The Balaban J connectivity index is 1.46. The van der Waals surface area contributed by atoms with Crippen molar-refractivity contribution in [2.45, 2.75) is 26.7 Å². The monoisotopic (exact) mass is 435 g/mol. The number of carbonyl (C=O) groups excluding carboxylic acids is 1. The maximum atomic E-state index is 12.3. The number of halogens is 1. The van der Waals surface area contributed by atoms with E-state index in [-0.39, 0.29) is 11.7 Å². The quantitative estimate of drug-likeness (QED) is 0.317. The number of aliphatic imine (C=N–C) groups is 1. The van der Waals surface area contributed by atoms with Gasteiger partial charge in [0.05, 0.1) is 6.61 Å². The van der Waals surface area contributed by atoms with E-state index in [2.05, 4.69) is 11.9 Å². The third-order valence-electron chi connectivity index (χ3n) is 4.84. The second-order valence-electron chi connectivity index (χ2n) is 7.23. The molecule has 4 rings (SSSR count). The van der Waals surface area contributed by atoms with Crippen LogP contribution in [0.3, 0.4) is 0 Å². The molecule has 5 nitrogen and oxygen atoms in total. The predicted octanol–water partition coefficient (Wildman–Crippen LogP) is 6.43. The zero-order chi connectivity index (χ0) is 21.8. The van der Waals surface area contributed by atoms with Crippen LogP contribution in [-0.4, -0.2) is 18.4 Å². The summed E-state index contributed by atoms with van der Waals surface area (Å²) in [6.07, 6.45) is 3.63. The van der Waals surface area contributed by atoms with Crippen LogP contribution in [0.5, 0.6) is 5.75 Å². The van der Waals surface area contributed by atoms with Crippen LogP contribution in [0, 0.1) is 6.92 Å². The lowest BCUT2D eigenvalue weighted by molar-refractivity contribution is -0.115. The lowest BCUT2D eigenvalue weighted by Gasteiger charge is -2.06. The molecule has 158 valence electrons. The first-order valence-electron chi connectivity index (χ1n) is 10.2. The van der Waals surface area contributed by atoms with Crippen LogP contribution in [-0.2, 0) is 9.53 Å². The predicted molar refractivity (Wildman–Crippen MR) is 121 cm³/mol. The number of hydrogen-bond donors (Lipinski definition) is 0. The summed E-state index contributed by atoms with van der Waals surface area (Å²) in [7, 11) is 0. The van der Waals surface area contributed by atoms with Crippen LogP contribution in [0.4, 0.5) is 0 Å². The van der Waals surface area contributed by atoms with E-state index in [0.717, 1.165) is 29.7 Å². The highest BCUT2D eigenvalue weighted by molar-refractivity contribution is 6.31. The number of benzene rings is 2. The van der Waals surface area contributed by atoms with E-state index in [9.17, 15) is 4.79 Å². The third-order valence-corrected chi connectivity index (χ3v) is 5.25. The van der Waals surface area contributed by atoms with Crippen molar-refractivity contribution in [1.82, 2.24) is 0 Å². The highest BCUT2D eigenvalue weighted by atomic mass is 35.5. The summed E-state index contributed by atoms with van der Waals surface area (Å²) in [5.74, 6) is 1.84. The highest BCUT2D eigenvalue weighted by Gasteiger charge is 2.24. The number of furan rings is 1. The topological polar surface area (TPSA) is 61.0 Å². The van der Waals surface area contributed by atoms with Crippen LogP contribution in [0.2, 0.25) is 5.02 Å². The van der Waals surface area contributed by atoms with Gasteiger partial charge in [-0.05, 0) is 61.4 Å². The fourth-order valence-corrected chi connectivity index (χ4v) is 3.20. The standard InChI is InChI=1S/C25H22ClNO4/c1-3-4-13-29-19-9-7-17(8-10-19)25-27-24(28)23(31-25)15-20-11-12-22(30-20)18-6-5-16(2)21(26)14-18/h5-12,14-15H,3-4,13H2,1-2H3/b23-15-. The van der Waals surface area contributed by atoms with Crippen LogP contribution in [0.1, 0.15) is 36.7 Å². The Morgan fingerprint density at radius 2 is 1.84 bits per heavy atom. The minimum Gasteiger partial charge on any atom is -0.494 e. The molecule has 1 aromatic heterocycles. The smallest absolute Gasteiger partial charge is 0.316 e. The third kappa shape index (κ3) is 4.89. The molecule has 0 N–H and O–H groups in total. The molecular weight excluding hydrogens is 414 g/mol. The van der Waals surface area contributed by atoms with Crippen LogP contribution in [0.25, 0.3) is 17.4 Å². The van der Waals surface area contributed by atoms with Crippen molar-refractivity contribution in [3.63, 3.8) is 0 Å². The summed E-state index contributed by atoms with van der Waals surface area (Å²) in [6, 6.07) is 16.6. The average molecular weight is 436 g/mol. The van der Waals surface area contributed by atoms with Gasteiger partial charge in [0, 0.05) is 22.2 Å². The maximum absolute atomic E-state index is 12.3. The molecule has 0 aliphatic carbocycles. The fraction of sp³-hybridized carbons (Fsp3) is 0.200. The van der Waals surface area contributed by atoms with Crippen LogP contribution >= 0.6 is 11.6 Å². The fourth-order valence-electron chi connectivity index (χ4n) is 3.02. The SMILES string of the molecule is CCCCOc1ccc(C2=NC(=O)/C(=C/c3ccc(-c4ccc(C)c(Cl)c4)o3)O2)cc1. The van der Waals surface area contributed by atoms with Gasteiger partial charge in [0.1, 0.15) is 17.3 Å². The maximum Gasteiger partial charge on any atom is 0.316 e. The van der Waals surface area contributed by atoms with E-state index < -0.39 is 5.91 Å². The molecule has 0 saturated carbocycles. The van der Waals surface area contributed by atoms with Crippen molar-refractivity contribution in [3.8, 4) is 17.1 Å². The van der Waals surface area contributed by atoms with Crippen molar-refractivity contribution in [3.05, 3.63) is 82.3 Å². The Bertz CT molecular complexity index is 1160. The summed E-state index contributed by atoms with van der Waals surface area (Å²) >= 11 is 6.20. The number of aryl methyl sites for hydroxylation is 1. The molecule has 0 fully saturated rings. The van der Waals surface area contributed by atoms with Crippen molar-refractivity contribution >= 4 is 29.5 Å². The molecule has 2 heterocycles. The van der Waals surface area contributed by atoms with E-state index in [1.54, 1.807) is 12.1 Å². The van der Waals surface area contributed by atoms with Crippen molar-refractivity contribution in [1.29, 1.82) is 0 Å². The second-order valence-corrected chi connectivity index (χ2v) is 7.63. The number of ether oxygens (including phenoxy) is 2. The molecule has 2 aromatic carbocycles. The molecule has 0 spiro atoms. The molecule has 3 aromatic rings. The van der Waals surface area contributed by atoms with Gasteiger partial charge in [-0.25, -0.2) is 0 Å². The number of nitrogens with zero attached hydrogens (tertiary/aromatic N) is 1. The van der Waals surface area contributed by atoms with Gasteiger partial charge >= 0.3 is 5.91 Å². The molecule has 1 aliphatic rings. The van der Waals surface area contributed by atoms with Gasteiger partial charge in [-0.15, -0.1) is 0 Å². The normalized spacial score (nSPS) is 14.6.